The fraction of sp³-hybridized carbons (Fsp3) is 0.333. The third kappa shape index (κ3) is 6.19. The maximum Gasteiger partial charge on any atom is 0.318 e. The molecule has 10 heteroatoms. The van der Waals surface area contributed by atoms with Crippen LogP contribution in [0.4, 0.5) is 10.5 Å². The molecule has 3 rings (SSSR count). The van der Waals surface area contributed by atoms with E-state index in [1.54, 1.807) is 24.0 Å². The number of carbonyl (C=O) groups is 2. The number of piperazine rings is 1. The van der Waals surface area contributed by atoms with Gasteiger partial charge in [-0.3, -0.25) is 4.79 Å². The van der Waals surface area contributed by atoms with E-state index >= 15 is 0 Å². The van der Waals surface area contributed by atoms with Crippen LogP contribution >= 0.6 is 0 Å². The Morgan fingerprint density at radius 3 is 2.19 bits per heavy atom. The standard InChI is InChI=1S/C21H27N5O4S/c1-16(20(27)23-15-17-7-9-19(10-8-17)31(22,29)30)24-21(28)26-13-11-25(12-14-26)18-5-3-2-4-6-18/h2-10,16H,11-15H2,1H3,(H,23,27)(H,24,28)(H2,22,29,30)/t16-/m0/s1. The van der Waals surface area contributed by atoms with Gasteiger partial charge < -0.3 is 20.4 Å². The maximum absolute atomic E-state index is 12.5. The van der Waals surface area contributed by atoms with Crippen molar-refractivity contribution in [3.05, 3.63) is 60.2 Å². The number of hydrogen-bond donors (Lipinski definition) is 3. The summed E-state index contributed by atoms with van der Waals surface area (Å²) in [5, 5.41) is 10.5. The highest BCUT2D eigenvalue weighted by Crippen LogP contribution is 2.15. The predicted molar refractivity (Wildman–Crippen MR) is 118 cm³/mol. The summed E-state index contributed by atoms with van der Waals surface area (Å²) in [7, 11) is -3.75. The van der Waals surface area contributed by atoms with Gasteiger partial charge in [-0.25, -0.2) is 18.4 Å². The van der Waals surface area contributed by atoms with Crippen LogP contribution in [0.15, 0.2) is 59.5 Å². The molecule has 2 aromatic rings. The summed E-state index contributed by atoms with van der Waals surface area (Å²) in [5.41, 5.74) is 1.85. The van der Waals surface area contributed by atoms with E-state index in [4.69, 9.17) is 5.14 Å². The molecule has 0 aliphatic carbocycles. The van der Waals surface area contributed by atoms with E-state index in [2.05, 4.69) is 15.5 Å². The second-order valence-electron chi connectivity index (χ2n) is 7.39. The van der Waals surface area contributed by atoms with Crippen molar-refractivity contribution in [2.24, 2.45) is 5.14 Å². The molecule has 1 aliphatic rings. The monoisotopic (exact) mass is 445 g/mol. The highest BCUT2D eigenvalue weighted by atomic mass is 32.2. The SMILES string of the molecule is C[C@H](NC(=O)N1CCN(c2ccccc2)CC1)C(=O)NCc1ccc(S(N)(=O)=O)cc1. The molecule has 31 heavy (non-hydrogen) atoms. The first-order valence-electron chi connectivity index (χ1n) is 9.99. The fourth-order valence-corrected chi connectivity index (χ4v) is 3.80. The van der Waals surface area contributed by atoms with Crippen molar-refractivity contribution in [1.29, 1.82) is 0 Å². The van der Waals surface area contributed by atoms with Gasteiger partial charge in [0.25, 0.3) is 0 Å². The molecule has 1 saturated heterocycles. The van der Waals surface area contributed by atoms with Crippen molar-refractivity contribution in [1.82, 2.24) is 15.5 Å². The van der Waals surface area contributed by atoms with Gasteiger partial charge in [-0.05, 0) is 36.8 Å². The molecule has 0 saturated carbocycles. The average molecular weight is 446 g/mol. The maximum atomic E-state index is 12.5. The van der Waals surface area contributed by atoms with Crippen molar-refractivity contribution in [3.8, 4) is 0 Å². The van der Waals surface area contributed by atoms with Crippen LogP contribution in [0.3, 0.4) is 0 Å². The van der Waals surface area contributed by atoms with Gasteiger partial charge in [-0.1, -0.05) is 30.3 Å². The normalized spacial score (nSPS) is 15.3. The van der Waals surface area contributed by atoms with E-state index in [9.17, 15) is 18.0 Å². The smallest absolute Gasteiger partial charge is 0.318 e. The number of amides is 3. The zero-order valence-electron chi connectivity index (χ0n) is 17.3. The quantitative estimate of drug-likeness (QED) is 0.609. The van der Waals surface area contributed by atoms with Crippen molar-refractivity contribution in [2.45, 2.75) is 24.4 Å². The Bertz CT molecular complexity index is 1000. The van der Waals surface area contributed by atoms with E-state index < -0.39 is 16.1 Å². The van der Waals surface area contributed by atoms with Crippen LogP contribution in [0.1, 0.15) is 12.5 Å². The molecule has 0 radical (unpaired) electrons. The first-order valence-corrected chi connectivity index (χ1v) is 11.5. The largest absolute Gasteiger partial charge is 0.368 e. The predicted octanol–water partition coefficient (Wildman–Crippen LogP) is 0.871. The fourth-order valence-electron chi connectivity index (χ4n) is 3.29. The molecule has 166 valence electrons. The van der Waals surface area contributed by atoms with Gasteiger partial charge in [0.05, 0.1) is 4.90 Å². The number of nitrogens with two attached hydrogens (primary N) is 1. The van der Waals surface area contributed by atoms with Gasteiger partial charge in [-0.2, -0.15) is 0 Å². The van der Waals surface area contributed by atoms with Crippen LogP contribution in [0.5, 0.6) is 0 Å². The number of urea groups is 1. The minimum atomic E-state index is -3.75. The molecule has 2 aromatic carbocycles. The molecule has 1 aliphatic heterocycles. The van der Waals surface area contributed by atoms with Gasteiger partial charge >= 0.3 is 6.03 Å². The Morgan fingerprint density at radius 1 is 1.00 bits per heavy atom. The summed E-state index contributed by atoms with van der Waals surface area (Å²) in [5.74, 6) is -0.327. The lowest BCUT2D eigenvalue weighted by Crippen LogP contribution is -2.55. The van der Waals surface area contributed by atoms with Crippen molar-refractivity contribution >= 4 is 27.6 Å². The van der Waals surface area contributed by atoms with Gasteiger partial charge in [0.1, 0.15) is 6.04 Å². The lowest BCUT2D eigenvalue weighted by atomic mass is 10.2. The van der Waals surface area contributed by atoms with E-state index in [0.717, 1.165) is 24.3 Å². The molecule has 0 aromatic heterocycles. The topological polar surface area (TPSA) is 125 Å². The number of rotatable bonds is 6. The highest BCUT2D eigenvalue weighted by molar-refractivity contribution is 7.89. The van der Waals surface area contributed by atoms with Crippen LogP contribution in [-0.2, 0) is 21.4 Å². The summed E-state index contributed by atoms with van der Waals surface area (Å²) >= 11 is 0. The Kier molecular flexibility index (Phi) is 7.13. The number of primary sulfonamides is 1. The summed E-state index contributed by atoms with van der Waals surface area (Å²) in [6.45, 7) is 4.44. The Hall–Kier alpha value is -3.11. The molecule has 0 bridgehead atoms. The third-order valence-electron chi connectivity index (χ3n) is 5.14. The number of para-hydroxylation sites is 1. The molecule has 4 N–H and O–H groups in total. The molecule has 0 spiro atoms. The zero-order valence-corrected chi connectivity index (χ0v) is 18.1. The Balaban J connectivity index is 1.43. The number of hydrogen-bond acceptors (Lipinski definition) is 5. The molecular formula is C21H27N5O4S. The molecule has 1 atom stereocenters. The lowest BCUT2D eigenvalue weighted by molar-refractivity contribution is -0.122. The van der Waals surface area contributed by atoms with Gasteiger partial charge in [0.15, 0.2) is 0 Å². The molecule has 3 amide bonds. The molecule has 1 heterocycles. The average Bonchev–Trinajstić information content (AvgIpc) is 2.77. The van der Waals surface area contributed by atoms with E-state index in [0.29, 0.717) is 13.1 Å². The summed E-state index contributed by atoms with van der Waals surface area (Å²) in [6, 6.07) is 15.0. The lowest BCUT2D eigenvalue weighted by Gasteiger charge is -2.36. The summed E-state index contributed by atoms with van der Waals surface area (Å²) in [6.07, 6.45) is 0. The number of nitrogens with one attached hydrogen (secondary N) is 2. The van der Waals surface area contributed by atoms with E-state index in [-0.39, 0.29) is 23.4 Å². The van der Waals surface area contributed by atoms with Crippen molar-refractivity contribution in [2.75, 3.05) is 31.1 Å². The Labute approximate surface area is 182 Å². The second-order valence-corrected chi connectivity index (χ2v) is 8.95. The number of benzene rings is 2. The second kappa shape index (κ2) is 9.80. The molecule has 0 unspecified atom stereocenters. The van der Waals surface area contributed by atoms with Crippen molar-refractivity contribution < 1.29 is 18.0 Å². The van der Waals surface area contributed by atoms with E-state index in [1.807, 2.05) is 30.3 Å². The highest BCUT2D eigenvalue weighted by Gasteiger charge is 2.24. The van der Waals surface area contributed by atoms with Crippen molar-refractivity contribution in [3.63, 3.8) is 0 Å². The first-order chi connectivity index (χ1) is 14.7. The minimum absolute atomic E-state index is 0.00979. The van der Waals surface area contributed by atoms with Gasteiger partial charge in [0.2, 0.25) is 15.9 Å². The van der Waals surface area contributed by atoms with Crippen LogP contribution in [-0.4, -0.2) is 57.5 Å². The molecular weight excluding hydrogens is 418 g/mol. The number of carbonyl (C=O) groups excluding carboxylic acids is 2. The summed E-state index contributed by atoms with van der Waals surface area (Å²) in [4.78, 5) is 28.8. The Morgan fingerprint density at radius 2 is 1.61 bits per heavy atom. The van der Waals surface area contributed by atoms with Crippen LogP contribution < -0.4 is 20.7 Å². The van der Waals surface area contributed by atoms with Crippen LogP contribution in [0.2, 0.25) is 0 Å². The number of nitrogens with zero attached hydrogens (tertiary/aromatic N) is 2. The molecule has 9 nitrogen and oxygen atoms in total. The van der Waals surface area contributed by atoms with Crippen LogP contribution in [0, 0.1) is 0 Å². The third-order valence-corrected chi connectivity index (χ3v) is 6.07. The number of sulfonamides is 1. The molecule has 1 fully saturated rings. The van der Waals surface area contributed by atoms with E-state index in [1.165, 1.54) is 12.1 Å². The minimum Gasteiger partial charge on any atom is -0.368 e. The first kappa shape index (κ1) is 22.6. The summed E-state index contributed by atoms with van der Waals surface area (Å²) < 4.78 is 22.6. The van der Waals surface area contributed by atoms with Crippen LogP contribution in [0.25, 0.3) is 0 Å². The van der Waals surface area contributed by atoms with Gasteiger partial charge in [0, 0.05) is 38.4 Å². The van der Waals surface area contributed by atoms with Gasteiger partial charge in [-0.15, -0.1) is 0 Å². The number of anilines is 1. The zero-order chi connectivity index (χ0) is 22.4.